The molecule has 0 N–H and O–H groups in total. The lowest BCUT2D eigenvalue weighted by molar-refractivity contribution is 0.557. The maximum Gasteiger partial charge on any atom is 0.192 e. The number of pyridine rings is 1. The third kappa shape index (κ3) is 3.61. The summed E-state index contributed by atoms with van der Waals surface area (Å²) in [5.41, 5.74) is 0.895. The smallest absolute Gasteiger partial charge is 0.192 e. The first-order chi connectivity index (χ1) is 12.1. The van der Waals surface area contributed by atoms with E-state index in [2.05, 4.69) is 21.8 Å². The van der Waals surface area contributed by atoms with Crippen molar-refractivity contribution in [3.8, 4) is 11.4 Å². The Balaban J connectivity index is 1.95. The summed E-state index contributed by atoms with van der Waals surface area (Å²) < 4.78 is 29.9. The molecule has 0 aliphatic carbocycles. The van der Waals surface area contributed by atoms with E-state index in [1.807, 2.05) is 16.7 Å². The number of halogens is 2. The van der Waals surface area contributed by atoms with Gasteiger partial charge in [0.1, 0.15) is 11.6 Å². The molecule has 0 spiro atoms. The van der Waals surface area contributed by atoms with Gasteiger partial charge in [-0.2, -0.15) is 0 Å². The number of allylic oxidation sites excluding steroid dienone is 1. The Bertz CT molecular complexity index is 860. The third-order valence-corrected chi connectivity index (χ3v) is 4.76. The largest absolute Gasteiger partial charge is 0.298 e. The maximum atomic E-state index is 14.0. The van der Waals surface area contributed by atoms with Gasteiger partial charge in [0, 0.05) is 35.3 Å². The van der Waals surface area contributed by atoms with Crippen LogP contribution < -0.4 is 0 Å². The molecule has 25 heavy (non-hydrogen) atoms. The van der Waals surface area contributed by atoms with Gasteiger partial charge in [0.2, 0.25) is 0 Å². The Morgan fingerprint density at radius 3 is 2.48 bits per heavy atom. The van der Waals surface area contributed by atoms with Crippen LogP contribution in [0.15, 0.2) is 60.5 Å². The Kier molecular flexibility index (Phi) is 5.23. The van der Waals surface area contributed by atoms with Crippen molar-refractivity contribution < 1.29 is 8.78 Å². The lowest BCUT2D eigenvalue weighted by Crippen LogP contribution is -2.03. The van der Waals surface area contributed by atoms with Crippen LogP contribution in [0, 0.1) is 11.6 Å². The van der Waals surface area contributed by atoms with Crippen molar-refractivity contribution in [3.63, 3.8) is 0 Å². The minimum atomic E-state index is -0.566. The second kappa shape index (κ2) is 7.57. The van der Waals surface area contributed by atoms with Crippen molar-refractivity contribution in [2.45, 2.75) is 23.9 Å². The SMILES string of the molecule is C=CCn1c(SC(C)c2c(F)cccc2F)nnc1-c1ccncc1. The average molecular weight is 358 g/mol. The van der Waals surface area contributed by atoms with Crippen molar-refractivity contribution in [1.82, 2.24) is 19.7 Å². The van der Waals surface area contributed by atoms with E-state index in [0.717, 1.165) is 5.56 Å². The third-order valence-electron chi connectivity index (χ3n) is 3.66. The highest BCUT2D eigenvalue weighted by atomic mass is 32.2. The van der Waals surface area contributed by atoms with Crippen LogP contribution in [0.4, 0.5) is 8.78 Å². The molecule has 1 atom stereocenters. The fourth-order valence-corrected chi connectivity index (χ4v) is 3.54. The van der Waals surface area contributed by atoms with Crippen LogP contribution in [0.2, 0.25) is 0 Å². The Morgan fingerprint density at radius 1 is 1.16 bits per heavy atom. The molecule has 0 bridgehead atoms. The fraction of sp³-hybridized carbons (Fsp3) is 0.167. The number of thioether (sulfide) groups is 1. The number of hydrogen-bond donors (Lipinski definition) is 0. The van der Waals surface area contributed by atoms with Gasteiger partial charge in [0.25, 0.3) is 0 Å². The van der Waals surface area contributed by atoms with Crippen LogP contribution in [0.25, 0.3) is 11.4 Å². The first kappa shape index (κ1) is 17.3. The number of nitrogens with zero attached hydrogens (tertiary/aromatic N) is 4. The van der Waals surface area contributed by atoms with E-state index < -0.39 is 16.9 Å². The summed E-state index contributed by atoms with van der Waals surface area (Å²) in [5.74, 6) is -0.473. The molecule has 0 saturated heterocycles. The maximum absolute atomic E-state index is 14.0. The zero-order chi connectivity index (χ0) is 17.8. The quantitative estimate of drug-likeness (QED) is 0.475. The molecule has 2 heterocycles. The van der Waals surface area contributed by atoms with Gasteiger partial charge < -0.3 is 0 Å². The summed E-state index contributed by atoms with van der Waals surface area (Å²) in [4.78, 5) is 3.99. The summed E-state index contributed by atoms with van der Waals surface area (Å²) >= 11 is 1.25. The van der Waals surface area contributed by atoms with Gasteiger partial charge in [0.15, 0.2) is 11.0 Å². The average Bonchev–Trinajstić information content (AvgIpc) is 2.98. The molecular formula is C18H16F2N4S. The fourth-order valence-electron chi connectivity index (χ4n) is 2.50. The van der Waals surface area contributed by atoms with Gasteiger partial charge in [-0.15, -0.1) is 16.8 Å². The molecule has 0 fully saturated rings. The zero-order valence-corrected chi connectivity index (χ0v) is 14.4. The second-order valence-electron chi connectivity index (χ2n) is 5.34. The first-order valence-corrected chi connectivity index (χ1v) is 8.55. The number of rotatable bonds is 6. The van der Waals surface area contributed by atoms with Gasteiger partial charge in [-0.3, -0.25) is 9.55 Å². The molecule has 0 amide bonds. The van der Waals surface area contributed by atoms with E-state index in [0.29, 0.717) is 17.5 Å². The van der Waals surface area contributed by atoms with Gasteiger partial charge in [0.05, 0.1) is 0 Å². The molecule has 4 nitrogen and oxygen atoms in total. The monoisotopic (exact) mass is 358 g/mol. The van der Waals surface area contributed by atoms with Crippen LogP contribution in [0.1, 0.15) is 17.7 Å². The molecule has 0 saturated carbocycles. The number of aromatic nitrogens is 4. The highest BCUT2D eigenvalue weighted by Crippen LogP contribution is 2.37. The lowest BCUT2D eigenvalue weighted by Gasteiger charge is -2.14. The van der Waals surface area contributed by atoms with Gasteiger partial charge in [-0.1, -0.05) is 23.9 Å². The molecule has 1 aromatic carbocycles. The van der Waals surface area contributed by atoms with Gasteiger partial charge >= 0.3 is 0 Å². The Hall–Kier alpha value is -2.54. The van der Waals surface area contributed by atoms with E-state index in [1.54, 1.807) is 25.4 Å². The standard InChI is InChI=1S/C18H16F2N4S/c1-3-11-24-17(13-7-9-21-10-8-13)22-23-18(24)25-12(2)16-14(19)5-4-6-15(16)20/h3-10,12H,1,11H2,2H3. The van der Waals surface area contributed by atoms with Crippen molar-refractivity contribution in [3.05, 3.63) is 72.6 Å². The van der Waals surface area contributed by atoms with Crippen molar-refractivity contribution in [2.75, 3.05) is 0 Å². The first-order valence-electron chi connectivity index (χ1n) is 7.67. The molecular weight excluding hydrogens is 342 g/mol. The number of benzene rings is 1. The van der Waals surface area contributed by atoms with E-state index in [4.69, 9.17) is 0 Å². The summed E-state index contributed by atoms with van der Waals surface area (Å²) in [6.07, 6.45) is 5.07. The minimum Gasteiger partial charge on any atom is -0.298 e. The van der Waals surface area contributed by atoms with Gasteiger partial charge in [-0.05, 0) is 31.2 Å². The van der Waals surface area contributed by atoms with Crippen molar-refractivity contribution in [1.29, 1.82) is 0 Å². The van der Waals surface area contributed by atoms with Crippen LogP contribution in [-0.4, -0.2) is 19.7 Å². The van der Waals surface area contributed by atoms with Gasteiger partial charge in [-0.25, -0.2) is 8.78 Å². The molecule has 0 aliphatic heterocycles. The summed E-state index contributed by atoms with van der Waals surface area (Å²) in [6.45, 7) is 5.99. The molecule has 128 valence electrons. The topological polar surface area (TPSA) is 43.6 Å². The molecule has 0 radical (unpaired) electrons. The zero-order valence-electron chi connectivity index (χ0n) is 13.6. The normalized spacial score (nSPS) is 12.1. The molecule has 3 aromatic rings. The predicted molar refractivity (Wildman–Crippen MR) is 94.1 cm³/mol. The van der Waals surface area contributed by atoms with E-state index >= 15 is 0 Å². The molecule has 1 unspecified atom stereocenters. The summed E-state index contributed by atoms with van der Waals surface area (Å²) in [6, 6.07) is 7.53. The van der Waals surface area contributed by atoms with E-state index in [9.17, 15) is 8.78 Å². The minimum absolute atomic E-state index is 0.0334. The highest BCUT2D eigenvalue weighted by Gasteiger charge is 2.21. The van der Waals surface area contributed by atoms with Crippen molar-refractivity contribution >= 4 is 11.8 Å². The highest BCUT2D eigenvalue weighted by molar-refractivity contribution is 7.99. The number of hydrogen-bond acceptors (Lipinski definition) is 4. The lowest BCUT2D eigenvalue weighted by atomic mass is 10.1. The van der Waals surface area contributed by atoms with Crippen molar-refractivity contribution in [2.24, 2.45) is 0 Å². The van der Waals surface area contributed by atoms with Crippen LogP contribution in [0.5, 0.6) is 0 Å². The molecule has 7 heteroatoms. The van der Waals surface area contributed by atoms with E-state index in [1.165, 1.54) is 30.0 Å². The van der Waals surface area contributed by atoms with Crippen LogP contribution in [-0.2, 0) is 6.54 Å². The Morgan fingerprint density at radius 2 is 1.84 bits per heavy atom. The van der Waals surface area contributed by atoms with E-state index in [-0.39, 0.29) is 5.56 Å². The molecule has 0 aliphatic rings. The van der Waals surface area contributed by atoms with Crippen LogP contribution in [0.3, 0.4) is 0 Å². The second-order valence-corrected chi connectivity index (χ2v) is 6.64. The molecule has 3 rings (SSSR count). The Labute approximate surface area is 148 Å². The molecule has 2 aromatic heterocycles. The van der Waals surface area contributed by atoms with Crippen LogP contribution >= 0.6 is 11.8 Å². The summed E-state index contributed by atoms with van der Waals surface area (Å²) in [5, 5.41) is 8.54. The predicted octanol–water partition coefficient (Wildman–Crippen LogP) is 4.66. The summed E-state index contributed by atoms with van der Waals surface area (Å²) in [7, 11) is 0.